The maximum absolute atomic E-state index is 13.4. The van der Waals surface area contributed by atoms with Gasteiger partial charge in [0, 0.05) is 6.07 Å². The number of carbonyl (C=O) groups excluding carboxylic acids is 1. The van der Waals surface area contributed by atoms with Gasteiger partial charge in [-0.1, -0.05) is 6.92 Å². The quantitative estimate of drug-likeness (QED) is 0.869. The predicted molar refractivity (Wildman–Crippen MR) is 65.2 cm³/mol. The van der Waals surface area contributed by atoms with Gasteiger partial charge >= 0.3 is 0 Å². The minimum absolute atomic E-state index is 0.110. The summed E-state index contributed by atoms with van der Waals surface area (Å²) in [6.07, 6.45) is 2.24. The zero-order chi connectivity index (χ0) is 13.2. The molecule has 0 radical (unpaired) electrons. The molecule has 1 unspecified atom stereocenters. The maximum atomic E-state index is 13.4. The van der Waals surface area contributed by atoms with Crippen molar-refractivity contribution in [2.75, 3.05) is 11.9 Å². The highest BCUT2D eigenvalue weighted by molar-refractivity contribution is 5.98. The number of carbonyl (C=O) groups is 1. The number of nitrogens with one attached hydrogen (secondary N) is 2. The van der Waals surface area contributed by atoms with Crippen LogP contribution in [0, 0.1) is 11.6 Å². The Hall–Kier alpha value is -1.49. The average molecular weight is 254 g/mol. The SMILES string of the molecule is CCC1(C(=O)Nc2cc(F)ccc2F)CCCN1. The first kappa shape index (κ1) is 13.0. The van der Waals surface area contributed by atoms with Gasteiger partial charge in [0.1, 0.15) is 11.6 Å². The molecule has 1 fully saturated rings. The normalized spacial score (nSPS) is 23.1. The molecule has 98 valence electrons. The van der Waals surface area contributed by atoms with Gasteiger partial charge in [0.25, 0.3) is 0 Å². The van der Waals surface area contributed by atoms with Crippen molar-refractivity contribution < 1.29 is 13.6 Å². The lowest BCUT2D eigenvalue weighted by Crippen LogP contribution is -2.50. The van der Waals surface area contributed by atoms with Crippen molar-refractivity contribution in [2.24, 2.45) is 0 Å². The highest BCUT2D eigenvalue weighted by Crippen LogP contribution is 2.25. The molecule has 0 aliphatic carbocycles. The van der Waals surface area contributed by atoms with E-state index in [1.165, 1.54) is 0 Å². The van der Waals surface area contributed by atoms with E-state index in [0.29, 0.717) is 12.8 Å². The number of rotatable bonds is 3. The lowest BCUT2D eigenvalue weighted by molar-refractivity contribution is -0.122. The average Bonchev–Trinajstić information content (AvgIpc) is 2.84. The van der Waals surface area contributed by atoms with Crippen LogP contribution < -0.4 is 10.6 Å². The van der Waals surface area contributed by atoms with E-state index in [4.69, 9.17) is 0 Å². The largest absolute Gasteiger partial charge is 0.322 e. The van der Waals surface area contributed by atoms with Crippen molar-refractivity contribution in [3.8, 4) is 0 Å². The Morgan fingerprint density at radius 1 is 1.50 bits per heavy atom. The molecule has 3 nitrogen and oxygen atoms in total. The molecule has 0 bridgehead atoms. The summed E-state index contributed by atoms with van der Waals surface area (Å²) in [5, 5.41) is 5.61. The Bertz CT molecular complexity index is 456. The molecule has 1 amide bonds. The zero-order valence-corrected chi connectivity index (χ0v) is 10.2. The smallest absolute Gasteiger partial charge is 0.244 e. The van der Waals surface area contributed by atoms with Crippen LogP contribution >= 0.6 is 0 Å². The standard InChI is InChI=1S/C13H16F2N2O/c1-2-13(6-3-7-16-13)12(18)17-11-8-9(14)4-5-10(11)15/h4-5,8,16H,2-3,6-7H2,1H3,(H,17,18). The number of anilines is 1. The third kappa shape index (κ3) is 2.36. The third-order valence-electron chi connectivity index (χ3n) is 3.46. The van der Waals surface area contributed by atoms with Crippen LogP contribution in [0.5, 0.6) is 0 Å². The third-order valence-corrected chi connectivity index (χ3v) is 3.46. The van der Waals surface area contributed by atoms with Gasteiger partial charge in [-0.15, -0.1) is 0 Å². The summed E-state index contributed by atoms with van der Waals surface area (Å²) in [6, 6.07) is 3.02. The first-order valence-corrected chi connectivity index (χ1v) is 6.09. The van der Waals surface area contributed by atoms with Gasteiger partial charge in [-0.3, -0.25) is 4.79 Å². The number of benzene rings is 1. The van der Waals surface area contributed by atoms with Crippen LogP contribution in [0.2, 0.25) is 0 Å². The Labute approximate surface area is 105 Å². The Morgan fingerprint density at radius 2 is 2.28 bits per heavy atom. The van der Waals surface area contributed by atoms with Crippen LogP contribution in [0.1, 0.15) is 26.2 Å². The van der Waals surface area contributed by atoms with Crippen molar-refractivity contribution >= 4 is 11.6 Å². The Balaban J connectivity index is 2.18. The van der Waals surface area contributed by atoms with Crippen LogP contribution in [0.4, 0.5) is 14.5 Å². The lowest BCUT2D eigenvalue weighted by atomic mass is 9.93. The molecule has 0 saturated carbocycles. The molecule has 1 aliphatic heterocycles. The van der Waals surface area contributed by atoms with E-state index < -0.39 is 17.2 Å². The van der Waals surface area contributed by atoms with E-state index in [9.17, 15) is 13.6 Å². The van der Waals surface area contributed by atoms with Gasteiger partial charge < -0.3 is 10.6 Å². The summed E-state index contributed by atoms with van der Waals surface area (Å²) in [7, 11) is 0. The Morgan fingerprint density at radius 3 is 2.89 bits per heavy atom. The summed E-state index contributed by atoms with van der Waals surface area (Å²) >= 11 is 0. The molecule has 1 heterocycles. The van der Waals surface area contributed by atoms with E-state index in [0.717, 1.165) is 31.2 Å². The van der Waals surface area contributed by atoms with E-state index in [1.54, 1.807) is 0 Å². The predicted octanol–water partition coefficient (Wildman–Crippen LogP) is 2.44. The van der Waals surface area contributed by atoms with Gasteiger partial charge in [0.15, 0.2) is 0 Å². The molecule has 2 rings (SSSR count). The van der Waals surface area contributed by atoms with Gasteiger partial charge in [0.05, 0.1) is 11.2 Å². The Kier molecular flexibility index (Phi) is 3.61. The van der Waals surface area contributed by atoms with Crippen LogP contribution in [0.25, 0.3) is 0 Å². The minimum atomic E-state index is -0.654. The molecule has 1 aromatic carbocycles. The van der Waals surface area contributed by atoms with Crippen LogP contribution in [-0.4, -0.2) is 18.0 Å². The summed E-state index contributed by atoms with van der Waals surface area (Å²) in [6.45, 7) is 2.67. The van der Waals surface area contributed by atoms with E-state index in [2.05, 4.69) is 10.6 Å². The monoisotopic (exact) mass is 254 g/mol. The molecule has 5 heteroatoms. The van der Waals surface area contributed by atoms with Crippen LogP contribution in [0.3, 0.4) is 0 Å². The van der Waals surface area contributed by atoms with Crippen LogP contribution in [-0.2, 0) is 4.79 Å². The first-order chi connectivity index (χ1) is 8.57. The van der Waals surface area contributed by atoms with E-state index in [1.807, 2.05) is 6.92 Å². The zero-order valence-electron chi connectivity index (χ0n) is 10.2. The molecular formula is C13H16F2N2O. The second-order valence-electron chi connectivity index (χ2n) is 4.54. The second kappa shape index (κ2) is 5.02. The number of hydrogen-bond acceptors (Lipinski definition) is 2. The maximum Gasteiger partial charge on any atom is 0.244 e. The fraction of sp³-hybridized carbons (Fsp3) is 0.462. The first-order valence-electron chi connectivity index (χ1n) is 6.09. The molecule has 0 spiro atoms. The molecule has 2 N–H and O–H groups in total. The molecule has 0 aromatic heterocycles. The molecule has 18 heavy (non-hydrogen) atoms. The lowest BCUT2D eigenvalue weighted by Gasteiger charge is -2.26. The van der Waals surface area contributed by atoms with Crippen molar-refractivity contribution in [3.63, 3.8) is 0 Å². The highest BCUT2D eigenvalue weighted by atomic mass is 19.1. The van der Waals surface area contributed by atoms with Crippen LogP contribution in [0.15, 0.2) is 18.2 Å². The van der Waals surface area contributed by atoms with E-state index >= 15 is 0 Å². The number of halogens is 2. The summed E-state index contributed by atoms with van der Waals surface area (Å²) in [5.74, 6) is -1.50. The molecule has 1 aromatic rings. The fourth-order valence-corrected chi connectivity index (χ4v) is 2.30. The van der Waals surface area contributed by atoms with Gasteiger partial charge in [0.2, 0.25) is 5.91 Å². The van der Waals surface area contributed by atoms with Crippen molar-refractivity contribution in [1.82, 2.24) is 5.32 Å². The topological polar surface area (TPSA) is 41.1 Å². The fourth-order valence-electron chi connectivity index (χ4n) is 2.30. The van der Waals surface area contributed by atoms with Crippen molar-refractivity contribution in [2.45, 2.75) is 31.7 Å². The molecule has 1 atom stereocenters. The minimum Gasteiger partial charge on any atom is -0.322 e. The van der Waals surface area contributed by atoms with Gasteiger partial charge in [-0.2, -0.15) is 0 Å². The molecule has 1 saturated heterocycles. The highest BCUT2D eigenvalue weighted by Gasteiger charge is 2.39. The molecular weight excluding hydrogens is 238 g/mol. The van der Waals surface area contributed by atoms with Crippen molar-refractivity contribution in [3.05, 3.63) is 29.8 Å². The van der Waals surface area contributed by atoms with Gasteiger partial charge in [-0.05, 0) is 37.9 Å². The van der Waals surface area contributed by atoms with Crippen molar-refractivity contribution in [1.29, 1.82) is 0 Å². The second-order valence-corrected chi connectivity index (χ2v) is 4.54. The van der Waals surface area contributed by atoms with E-state index in [-0.39, 0.29) is 11.6 Å². The number of hydrogen-bond donors (Lipinski definition) is 2. The summed E-state index contributed by atoms with van der Waals surface area (Å²) in [4.78, 5) is 12.2. The van der Waals surface area contributed by atoms with Gasteiger partial charge in [-0.25, -0.2) is 8.78 Å². The summed E-state index contributed by atoms with van der Waals surface area (Å²) < 4.78 is 26.5. The molecule has 1 aliphatic rings. The summed E-state index contributed by atoms with van der Waals surface area (Å²) in [5.41, 5.74) is -0.764. The number of amides is 1.